The molecule has 148 valence electrons. The van der Waals surface area contributed by atoms with E-state index in [1.165, 1.54) is 5.69 Å². The van der Waals surface area contributed by atoms with Crippen LogP contribution >= 0.6 is 0 Å². The van der Waals surface area contributed by atoms with Gasteiger partial charge in [0.15, 0.2) is 0 Å². The molecular weight excluding hydrogens is 352 g/mol. The standard InChI is InChI=1S/C22H28N4O2/c1-16-12-17(2)26(23-16)14-18-8-10-24(11-9-18)22(28)19-13-21(27)25(15-19)20-6-4-3-5-7-20/h3-7,12,18-19H,8-11,13-15H2,1-2H3. The molecule has 2 aromatic rings. The van der Waals surface area contributed by atoms with Crippen molar-refractivity contribution in [3.63, 3.8) is 0 Å². The molecule has 1 atom stereocenters. The molecule has 0 saturated carbocycles. The summed E-state index contributed by atoms with van der Waals surface area (Å²) >= 11 is 0. The van der Waals surface area contributed by atoms with Crippen LogP contribution in [0.25, 0.3) is 0 Å². The van der Waals surface area contributed by atoms with E-state index >= 15 is 0 Å². The number of para-hydroxylation sites is 1. The fourth-order valence-electron chi connectivity index (χ4n) is 4.43. The normalized spacial score (nSPS) is 20.8. The van der Waals surface area contributed by atoms with Gasteiger partial charge in [0.05, 0.1) is 11.6 Å². The minimum Gasteiger partial charge on any atom is -0.342 e. The molecule has 1 aromatic heterocycles. The van der Waals surface area contributed by atoms with E-state index in [2.05, 4.69) is 22.8 Å². The zero-order valence-electron chi connectivity index (χ0n) is 16.7. The van der Waals surface area contributed by atoms with Gasteiger partial charge >= 0.3 is 0 Å². The lowest BCUT2D eigenvalue weighted by Crippen LogP contribution is -2.43. The molecule has 1 unspecified atom stereocenters. The smallest absolute Gasteiger partial charge is 0.228 e. The van der Waals surface area contributed by atoms with Crippen LogP contribution in [0.1, 0.15) is 30.7 Å². The Kier molecular flexibility index (Phi) is 5.20. The second kappa shape index (κ2) is 7.78. The Morgan fingerprint density at radius 3 is 2.50 bits per heavy atom. The molecule has 0 bridgehead atoms. The fourth-order valence-corrected chi connectivity index (χ4v) is 4.43. The summed E-state index contributed by atoms with van der Waals surface area (Å²) in [4.78, 5) is 29.1. The summed E-state index contributed by atoms with van der Waals surface area (Å²) in [6, 6.07) is 11.7. The first-order valence-electron chi connectivity index (χ1n) is 10.2. The number of aryl methyl sites for hydroxylation is 2. The molecule has 6 nitrogen and oxygen atoms in total. The number of piperidine rings is 1. The monoisotopic (exact) mass is 380 g/mol. The molecule has 2 aliphatic heterocycles. The summed E-state index contributed by atoms with van der Waals surface area (Å²) in [5.74, 6) is 0.508. The maximum Gasteiger partial charge on any atom is 0.228 e. The van der Waals surface area contributed by atoms with Crippen molar-refractivity contribution in [2.24, 2.45) is 11.8 Å². The highest BCUT2D eigenvalue weighted by atomic mass is 16.2. The van der Waals surface area contributed by atoms with Crippen LogP contribution in [0.5, 0.6) is 0 Å². The molecule has 28 heavy (non-hydrogen) atoms. The molecule has 6 heteroatoms. The van der Waals surface area contributed by atoms with Crippen LogP contribution in [0.4, 0.5) is 5.69 Å². The SMILES string of the molecule is Cc1cc(C)n(CC2CCN(C(=O)C3CC(=O)N(c4ccccc4)C3)CC2)n1. The Morgan fingerprint density at radius 2 is 1.86 bits per heavy atom. The van der Waals surface area contributed by atoms with Crippen LogP contribution in [0.15, 0.2) is 36.4 Å². The van der Waals surface area contributed by atoms with E-state index in [0.29, 0.717) is 18.9 Å². The van der Waals surface area contributed by atoms with Gasteiger partial charge < -0.3 is 9.80 Å². The van der Waals surface area contributed by atoms with Crippen molar-refractivity contribution in [1.82, 2.24) is 14.7 Å². The van der Waals surface area contributed by atoms with E-state index in [-0.39, 0.29) is 17.7 Å². The van der Waals surface area contributed by atoms with Gasteiger partial charge in [0.1, 0.15) is 0 Å². The van der Waals surface area contributed by atoms with E-state index in [9.17, 15) is 9.59 Å². The Labute approximate surface area is 166 Å². The third-order valence-electron chi connectivity index (χ3n) is 6.00. The van der Waals surface area contributed by atoms with Crippen LogP contribution in [0.2, 0.25) is 0 Å². The number of rotatable bonds is 4. The van der Waals surface area contributed by atoms with Gasteiger partial charge in [-0.25, -0.2) is 0 Å². The first-order valence-corrected chi connectivity index (χ1v) is 10.2. The van der Waals surface area contributed by atoms with Crippen molar-refractivity contribution in [2.45, 2.75) is 39.7 Å². The zero-order valence-corrected chi connectivity index (χ0v) is 16.7. The molecule has 3 heterocycles. The lowest BCUT2D eigenvalue weighted by molar-refractivity contribution is -0.137. The van der Waals surface area contributed by atoms with Gasteiger partial charge in [-0.15, -0.1) is 0 Å². The third-order valence-corrected chi connectivity index (χ3v) is 6.00. The highest BCUT2D eigenvalue weighted by Crippen LogP contribution is 2.28. The molecule has 0 spiro atoms. The van der Waals surface area contributed by atoms with E-state index < -0.39 is 0 Å². The van der Waals surface area contributed by atoms with Crippen LogP contribution in [0.3, 0.4) is 0 Å². The zero-order chi connectivity index (χ0) is 19.7. The number of amides is 2. The molecule has 0 radical (unpaired) electrons. The van der Waals surface area contributed by atoms with E-state index in [1.54, 1.807) is 4.90 Å². The minimum atomic E-state index is -0.222. The van der Waals surface area contributed by atoms with Crippen LogP contribution in [0, 0.1) is 25.7 Å². The first-order chi connectivity index (χ1) is 13.5. The first kappa shape index (κ1) is 18.7. The molecule has 0 aliphatic carbocycles. The molecule has 2 aliphatic rings. The Hall–Kier alpha value is -2.63. The largest absolute Gasteiger partial charge is 0.342 e. The number of benzene rings is 1. The van der Waals surface area contributed by atoms with Crippen molar-refractivity contribution in [1.29, 1.82) is 0 Å². The molecule has 1 aromatic carbocycles. The lowest BCUT2D eigenvalue weighted by Gasteiger charge is -2.33. The van der Waals surface area contributed by atoms with Crippen molar-refractivity contribution >= 4 is 17.5 Å². The van der Waals surface area contributed by atoms with Crippen molar-refractivity contribution in [3.8, 4) is 0 Å². The van der Waals surface area contributed by atoms with Gasteiger partial charge in [-0.05, 0) is 50.8 Å². The second-order valence-corrected chi connectivity index (χ2v) is 8.12. The quantitative estimate of drug-likeness (QED) is 0.820. The molecular formula is C22H28N4O2. The topological polar surface area (TPSA) is 58.4 Å². The van der Waals surface area contributed by atoms with Gasteiger partial charge in [-0.3, -0.25) is 14.3 Å². The Bertz CT molecular complexity index is 853. The van der Waals surface area contributed by atoms with Gasteiger partial charge in [0.2, 0.25) is 11.8 Å². The van der Waals surface area contributed by atoms with Gasteiger partial charge in [0, 0.05) is 44.0 Å². The molecule has 2 amide bonds. The molecule has 0 N–H and O–H groups in total. The van der Waals surface area contributed by atoms with E-state index in [4.69, 9.17) is 0 Å². The predicted octanol–water partition coefficient (Wildman–Crippen LogP) is 2.79. The summed E-state index contributed by atoms with van der Waals surface area (Å²) in [7, 11) is 0. The number of hydrogen-bond acceptors (Lipinski definition) is 3. The fraction of sp³-hybridized carbons (Fsp3) is 0.500. The number of nitrogens with zero attached hydrogens (tertiary/aromatic N) is 4. The summed E-state index contributed by atoms with van der Waals surface area (Å²) < 4.78 is 2.09. The second-order valence-electron chi connectivity index (χ2n) is 8.12. The number of aromatic nitrogens is 2. The summed E-state index contributed by atoms with van der Waals surface area (Å²) in [6.07, 6.45) is 2.31. The van der Waals surface area contributed by atoms with Crippen LogP contribution in [-0.4, -0.2) is 46.1 Å². The molecule has 4 rings (SSSR count). The molecule has 2 saturated heterocycles. The van der Waals surface area contributed by atoms with Crippen molar-refractivity contribution in [2.75, 3.05) is 24.5 Å². The van der Waals surface area contributed by atoms with Gasteiger partial charge in [0.25, 0.3) is 0 Å². The highest BCUT2D eigenvalue weighted by molar-refractivity contribution is 6.00. The van der Waals surface area contributed by atoms with Crippen LogP contribution in [-0.2, 0) is 16.1 Å². The van der Waals surface area contributed by atoms with Crippen molar-refractivity contribution < 1.29 is 9.59 Å². The third kappa shape index (κ3) is 3.81. The Balaban J connectivity index is 1.32. The molecule has 2 fully saturated rings. The minimum absolute atomic E-state index is 0.0453. The summed E-state index contributed by atoms with van der Waals surface area (Å²) in [5.41, 5.74) is 3.13. The number of carbonyl (C=O) groups is 2. The lowest BCUT2D eigenvalue weighted by atomic mass is 9.95. The van der Waals surface area contributed by atoms with Gasteiger partial charge in [-0.1, -0.05) is 18.2 Å². The van der Waals surface area contributed by atoms with Crippen LogP contribution < -0.4 is 4.90 Å². The number of likely N-dealkylation sites (tertiary alicyclic amines) is 1. The average Bonchev–Trinajstić information content (AvgIpc) is 3.24. The maximum absolute atomic E-state index is 13.0. The number of anilines is 1. The van der Waals surface area contributed by atoms with E-state index in [0.717, 1.165) is 43.9 Å². The predicted molar refractivity (Wildman–Crippen MR) is 108 cm³/mol. The van der Waals surface area contributed by atoms with Crippen molar-refractivity contribution in [3.05, 3.63) is 47.8 Å². The number of hydrogen-bond donors (Lipinski definition) is 0. The number of carbonyl (C=O) groups excluding carboxylic acids is 2. The summed E-state index contributed by atoms with van der Waals surface area (Å²) in [5, 5.41) is 4.56. The summed E-state index contributed by atoms with van der Waals surface area (Å²) in [6.45, 7) is 7.08. The van der Waals surface area contributed by atoms with Gasteiger partial charge in [-0.2, -0.15) is 5.10 Å². The van der Waals surface area contributed by atoms with E-state index in [1.807, 2.05) is 42.2 Å². The average molecular weight is 380 g/mol. The Morgan fingerprint density at radius 1 is 1.14 bits per heavy atom. The highest BCUT2D eigenvalue weighted by Gasteiger charge is 2.38. The maximum atomic E-state index is 13.0.